The van der Waals surface area contributed by atoms with Crippen molar-refractivity contribution in [1.82, 2.24) is 5.32 Å². The maximum absolute atomic E-state index is 9.69. The van der Waals surface area contributed by atoms with Crippen LogP contribution in [0.1, 0.15) is 36.3 Å². The Kier molecular flexibility index (Phi) is 3.66. The summed E-state index contributed by atoms with van der Waals surface area (Å²) >= 11 is 0. The van der Waals surface area contributed by atoms with E-state index >= 15 is 0 Å². The van der Waals surface area contributed by atoms with Crippen LogP contribution in [0.15, 0.2) is 10.5 Å². The lowest BCUT2D eigenvalue weighted by molar-refractivity contribution is 0.131. The summed E-state index contributed by atoms with van der Waals surface area (Å²) in [6.07, 6.45) is 3.19. The van der Waals surface area contributed by atoms with Crippen LogP contribution < -0.4 is 5.32 Å². The summed E-state index contributed by atoms with van der Waals surface area (Å²) < 4.78 is 5.47. The van der Waals surface area contributed by atoms with Crippen LogP contribution in [0.3, 0.4) is 0 Å². The van der Waals surface area contributed by atoms with Crippen LogP contribution in [0.2, 0.25) is 0 Å². The highest BCUT2D eigenvalue weighted by Gasteiger charge is 2.24. The smallest absolute Gasteiger partial charge is 0.105 e. The van der Waals surface area contributed by atoms with Gasteiger partial charge in [0.25, 0.3) is 0 Å². The summed E-state index contributed by atoms with van der Waals surface area (Å²) in [5, 5.41) is 13.1. The molecule has 0 spiro atoms. The maximum Gasteiger partial charge on any atom is 0.105 e. The molecule has 1 aromatic heterocycles. The molecule has 16 heavy (non-hydrogen) atoms. The minimum absolute atomic E-state index is 0.0975. The van der Waals surface area contributed by atoms with Gasteiger partial charge in [0.15, 0.2) is 0 Å². The van der Waals surface area contributed by atoms with Gasteiger partial charge in [-0.2, -0.15) is 0 Å². The average Bonchev–Trinajstić information content (AvgIpc) is 2.75. The predicted molar refractivity (Wildman–Crippen MR) is 63.2 cm³/mol. The van der Waals surface area contributed by atoms with E-state index in [0.717, 1.165) is 43.9 Å². The minimum Gasteiger partial charge on any atom is -0.466 e. The molecule has 2 unspecified atom stereocenters. The molecule has 1 fully saturated rings. The molecule has 90 valence electrons. The lowest BCUT2D eigenvalue weighted by atomic mass is 10.1. The number of nitrogens with one attached hydrogen (secondary N) is 1. The van der Waals surface area contributed by atoms with E-state index in [9.17, 15) is 5.11 Å². The van der Waals surface area contributed by atoms with E-state index in [1.165, 1.54) is 5.56 Å². The number of rotatable bonds is 4. The molecule has 2 atom stereocenters. The average molecular weight is 223 g/mol. The zero-order chi connectivity index (χ0) is 11.5. The lowest BCUT2D eigenvalue weighted by Crippen LogP contribution is -2.27. The number of aliphatic hydroxyl groups excluding tert-OH is 1. The number of aliphatic hydroxyl groups is 1. The highest BCUT2D eigenvalue weighted by molar-refractivity contribution is 5.19. The molecule has 0 radical (unpaired) electrons. The van der Waals surface area contributed by atoms with E-state index in [-0.39, 0.29) is 6.10 Å². The Bertz CT molecular complexity index is 346. The monoisotopic (exact) mass is 223 g/mol. The Morgan fingerprint density at radius 3 is 2.81 bits per heavy atom. The molecule has 0 amide bonds. The highest BCUT2D eigenvalue weighted by atomic mass is 16.3. The van der Waals surface area contributed by atoms with Gasteiger partial charge in [0.05, 0.1) is 6.10 Å². The molecular weight excluding hydrogens is 202 g/mol. The van der Waals surface area contributed by atoms with Gasteiger partial charge in [0.1, 0.15) is 11.5 Å². The second-order valence-corrected chi connectivity index (χ2v) is 4.83. The summed E-state index contributed by atoms with van der Waals surface area (Å²) in [7, 11) is 0. The first kappa shape index (κ1) is 11.7. The van der Waals surface area contributed by atoms with Gasteiger partial charge >= 0.3 is 0 Å². The second kappa shape index (κ2) is 5.02. The molecule has 0 aliphatic heterocycles. The zero-order valence-electron chi connectivity index (χ0n) is 10.1. The first-order valence-corrected chi connectivity index (χ1v) is 6.11. The SMILES string of the molecule is Cc1cc(CNCC2CCCC2O)c(C)o1. The molecule has 2 rings (SSSR count). The molecule has 0 saturated heterocycles. The second-order valence-electron chi connectivity index (χ2n) is 4.83. The van der Waals surface area contributed by atoms with E-state index in [1.54, 1.807) is 0 Å². The van der Waals surface area contributed by atoms with Crippen LogP contribution in [0.25, 0.3) is 0 Å². The van der Waals surface area contributed by atoms with Gasteiger partial charge in [-0.05, 0) is 38.7 Å². The molecule has 3 heteroatoms. The van der Waals surface area contributed by atoms with Crippen molar-refractivity contribution in [2.75, 3.05) is 6.54 Å². The van der Waals surface area contributed by atoms with E-state index < -0.39 is 0 Å². The summed E-state index contributed by atoms with van der Waals surface area (Å²) in [6, 6.07) is 2.08. The lowest BCUT2D eigenvalue weighted by Gasteiger charge is -2.14. The molecule has 0 aromatic carbocycles. The Balaban J connectivity index is 1.77. The van der Waals surface area contributed by atoms with Crippen molar-refractivity contribution >= 4 is 0 Å². The standard InChI is InChI=1S/C13H21NO2/c1-9-6-12(10(2)16-9)8-14-7-11-4-3-5-13(11)15/h6,11,13-15H,3-5,7-8H2,1-2H3. The number of hydrogen-bond acceptors (Lipinski definition) is 3. The fourth-order valence-electron chi connectivity index (χ4n) is 2.51. The first-order valence-electron chi connectivity index (χ1n) is 6.11. The molecular formula is C13H21NO2. The van der Waals surface area contributed by atoms with Gasteiger partial charge in [-0.25, -0.2) is 0 Å². The quantitative estimate of drug-likeness (QED) is 0.822. The Hall–Kier alpha value is -0.800. The van der Waals surface area contributed by atoms with Crippen molar-refractivity contribution < 1.29 is 9.52 Å². The molecule has 1 heterocycles. The fraction of sp³-hybridized carbons (Fsp3) is 0.692. The predicted octanol–water partition coefficient (Wildman–Crippen LogP) is 2.15. The molecule has 1 saturated carbocycles. The third-order valence-electron chi connectivity index (χ3n) is 3.48. The van der Waals surface area contributed by atoms with E-state index in [0.29, 0.717) is 5.92 Å². The molecule has 2 N–H and O–H groups in total. The van der Waals surface area contributed by atoms with Crippen molar-refractivity contribution in [2.45, 2.75) is 45.8 Å². The first-order chi connectivity index (χ1) is 7.66. The van der Waals surface area contributed by atoms with Gasteiger partial charge in [-0.1, -0.05) is 6.42 Å². The third-order valence-corrected chi connectivity index (χ3v) is 3.48. The Morgan fingerprint density at radius 1 is 1.44 bits per heavy atom. The normalized spacial score (nSPS) is 25.2. The van der Waals surface area contributed by atoms with Crippen molar-refractivity contribution in [1.29, 1.82) is 0 Å². The molecule has 3 nitrogen and oxygen atoms in total. The van der Waals surface area contributed by atoms with Crippen LogP contribution in [0.5, 0.6) is 0 Å². The van der Waals surface area contributed by atoms with Crippen LogP contribution >= 0.6 is 0 Å². The van der Waals surface area contributed by atoms with Gasteiger partial charge in [-0.3, -0.25) is 0 Å². The van der Waals surface area contributed by atoms with Crippen LogP contribution in [0, 0.1) is 19.8 Å². The van der Waals surface area contributed by atoms with Gasteiger partial charge in [0, 0.05) is 18.7 Å². The van der Waals surface area contributed by atoms with E-state index in [2.05, 4.69) is 11.4 Å². The number of hydrogen-bond donors (Lipinski definition) is 2. The van der Waals surface area contributed by atoms with E-state index in [4.69, 9.17) is 4.42 Å². The molecule has 0 bridgehead atoms. The molecule has 1 aliphatic rings. The van der Waals surface area contributed by atoms with E-state index in [1.807, 2.05) is 13.8 Å². The Labute approximate surface area is 96.8 Å². The van der Waals surface area contributed by atoms with Crippen LogP contribution in [-0.2, 0) is 6.54 Å². The topological polar surface area (TPSA) is 45.4 Å². The summed E-state index contributed by atoms with van der Waals surface area (Å²) in [6.45, 7) is 5.71. The van der Waals surface area contributed by atoms with Crippen molar-refractivity contribution in [2.24, 2.45) is 5.92 Å². The van der Waals surface area contributed by atoms with Gasteiger partial charge in [-0.15, -0.1) is 0 Å². The maximum atomic E-state index is 9.69. The van der Waals surface area contributed by atoms with Crippen LogP contribution in [0.4, 0.5) is 0 Å². The largest absolute Gasteiger partial charge is 0.466 e. The third kappa shape index (κ3) is 2.66. The summed E-state index contributed by atoms with van der Waals surface area (Å²) in [4.78, 5) is 0. The highest BCUT2D eigenvalue weighted by Crippen LogP contribution is 2.24. The minimum atomic E-state index is -0.0975. The molecule has 1 aliphatic carbocycles. The van der Waals surface area contributed by atoms with Crippen molar-refractivity contribution in [3.8, 4) is 0 Å². The number of aryl methyl sites for hydroxylation is 2. The summed E-state index contributed by atoms with van der Waals surface area (Å²) in [5.41, 5.74) is 1.23. The van der Waals surface area contributed by atoms with Crippen molar-refractivity contribution in [3.05, 3.63) is 23.2 Å². The molecule has 1 aromatic rings. The van der Waals surface area contributed by atoms with Gasteiger partial charge < -0.3 is 14.8 Å². The summed E-state index contributed by atoms with van der Waals surface area (Å²) in [5.74, 6) is 2.40. The zero-order valence-corrected chi connectivity index (χ0v) is 10.1. The van der Waals surface area contributed by atoms with Crippen molar-refractivity contribution in [3.63, 3.8) is 0 Å². The Morgan fingerprint density at radius 2 is 2.25 bits per heavy atom. The fourth-order valence-corrected chi connectivity index (χ4v) is 2.51. The van der Waals surface area contributed by atoms with Crippen LogP contribution in [-0.4, -0.2) is 17.8 Å². The van der Waals surface area contributed by atoms with Gasteiger partial charge in [0.2, 0.25) is 0 Å². The number of furan rings is 1.